The maximum Gasteiger partial charge on any atom is 0.308 e. The Labute approximate surface area is 89.9 Å². The highest BCUT2D eigenvalue weighted by Crippen LogP contribution is 2.19. The summed E-state index contributed by atoms with van der Waals surface area (Å²) in [6, 6.07) is 7.73. The van der Waals surface area contributed by atoms with Crippen molar-refractivity contribution in [1.29, 1.82) is 0 Å². The molecule has 0 atom stereocenters. The molecule has 0 saturated carbocycles. The molecule has 2 heteroatoms. The van der Waals surface area contributed by atoms with Crippen molar-refractivity contribution in [2.24, 2.45) is 0 Å². The van der Waals surface area contributed by atoms with E-state index < -0.39 is 0 Å². The van der Waals surface area contributed by atoms with E-state index in [4.69, 9.17) is 4.74 Å². The number of rotatable bonds is 3. The average molecular weight is 202 g/mol. The van der Waals surface area contributed by atoms with Crippen LogP contribution < -0.4 is 0 Å². The van der Waals surface area contributed by atoms with E-state index >= 15 is 0 Å². The number of esters is 1. The molecule has 0 fully saturated rings. The van der Waals surface area contributed by atoms with E-state index in [-0.39, 0.29) is 5.97 Å². The summed E-state index contributed by atoms with van der Waals surface area (Å²) in [5.74, 6) is 0.210. The Kier molecular flexibility index (Phi) is 3.86. The van der Waals surface area contributed by atoms with Gasteiger partial charge in [-0.3, -0.25) is 4.79 Å². The van der Waals surface area contributed by atoms with Gasteiger partial charge in [-0.1, -0.05) is 36.9 Å². The summed E-state index contributed by atoms with van der Waals surface area (Å²) in [6.07, 6.45) is 3.29. The lowest BCUT2D eigenvalue weighted by Gasteiger charge is -2.09. The number of aryl methyl sites for hydroxylation is 1. The molecule has 0 aliphatic carbocycles. The molecule has 0 radical (unpaired) electrons. The molecule has 0 amide bonds. The van der Waals surface area contributed by atoms with Gasteiger partial charge in [0.15, 0.2) is 0 Å². The highest BCUT2D eigenvalue weighted by molar-refractivity contribution is 5.77. The molecule has 1 aromatic rings. The quantitative estimate of drug-likeness (QED) is 0.427. The normalized spacial score (nSPS) is 10.9. The summed E-state index contributed by atoms with van der Waals surface area (Å²) in [4.78, 5) is 10.9. The van der Waals surface area contributed by atoms with E-state index in [1.54, 1.807) is 12.2 Å². The second kappa shape index (κ2) is 5.15. The zero-order valence-corrected chi connectivity index (χ0v) is 8.99. The van der Waals surface area contributed by atoms with E-state index in [2.05, 4.69) is 6.58 Å². The number of benzene rings is 1. The Morgan fingerprint density at radius 3 is 2.60 bits per heavy atom. The van der Waals surface area contributed by atoms with Crippen molar-refractivity contribution in [2.45, 2.75) is 13.8 Å². The van der Waals surface area contributed by atoms with Crippen molar-refractivity contribution < 1.29 is 9.53 Å². The molecule has 1 rings (SSSR count). The number of hydrogen-bond donors (Lipinski definition) is 0. The van der Waals surface area contributed by atoms with Gasteiger partial charge in [0.05, 0.1) is 0 Å². The molecule has 0 aliphatic rings. The van der Waals surface area contributed by atoms with Crippen LogP contribution in [0.2, 0.25) is 0 Å². The summed E-state index contributed by atoms with van der Waals surface area (Å²) >= 11 is 0. The summed E-state index contributed by atoms with van der Waals surface area (Å²) in [5.41, 5.74) is 1.97. The average Bonchev–Trinajstić information content (AvgIpc) is 2.17. The minimum absolute atomic E-state index is 0.327. The van der Waals surface area contributed by atoms with Gasteiger partial charge in [0, 0.05) is 12.5 Å². The van der Waals surface area contributed by atoms with Crippen LogP contribution in [0, 0.1) is 6.92 Å². The summed E-state index contributed by atoms with van der Waals surface area (Å²) in [5, 5.41) is 0. The largest absolute Gasteiger partial charge is 0.426 e. The van der Waals surface area contributed by atoms with Gasteiger partial charge in [0.1, 0.15) is 5.76 Å². The monoisotopic (exact) mass is 202 g/mol. The Morgan fingerprint density at radius 2 is 2.07 bits per heavy atom. The molecule has 0 saturated heterocycles. The summed E-state index contributed by atoms with van der Waals surface area (Å²) in [6.45, 7) is 6.95. The zero-order valence-electron chi connectivity index (χ0n) is 8.99. The minimum atomic E-state index is -0.327. The molecule has 0 bridgehead atoms. The molecule has 0 N–H and O–H groups in total. The summed E-state index contributed by atoms with van der Waals surface area (Å²) < 4.78 is 5.11. The molecule has 0 heterocycles. The molecule has 1 aromatic carbocycles. The van der Waals surface area contributed by atoms with Gasteiger partial charge in [-0.15, -0.1) is 0 Å². The highest BCUT2D eigenvalue weighted by Gasteiger charge is 2.06. The maximum absolute atomic E-state index is 10.9. The van der Waals surface area contributed by atoms with Gasteiger partial charge in [-0.25, -0.2) is 0 Å². The molecule has 0 aliphatic heterocycles. The van der Waals surface area contributed by atoms with Crippen molar-refractivity contribution in [3.05, 3.63) is 54.1 Å². The van der Waals surface area contributed by atoms with Crippen molar-refractivity contribution in [3.63, 3.8) is 0 Å². The fourth-order valence-corrected chi connectivity index (χ4v) is 1.29. The van der Waals surface area contributed by atoms with E-state index in [1.807, 2.05) is 31.2 Å². The molecule has 0 aromatic heterocycles. The number of hydrogen-bond acceptors (Lipinski definition) is 2. The molecule has 0 spiro atoms. The Hall–Kier alpha value is -1.83. The van der Waals surface area contributed by atoms with Crippen LogP contribution in [-0.2, 0) is 9.53 Å². The van der Waals surface area contributed by atoms with Crippen LogP contribution in [0.1, 0.15) is 18.1 Å². The SMILES string of the molecule is C=C/C=C(/OC(C)=O)c1ccccc1C. The maximum atomic E-state index is 10.9. The number of ether oxygens (including phenoxy) is 1. The lowest BCUT2D eigenvalue weighted by atomic mass is 10.1. The minimum Gasteiger partial charge on any atom is -0.426 e. The number of carbonyl (C=O) groups excluding carboxylic acids is 1. The van der Waals surface area contributed by atoms with Gasteiger partial charge in [-0.2, -0.15) is 0 Å². The Bertz CT molecular complexity index is 403. The van der Waals surface area contributed by atoms with Crippen LogP contribution >= 0.6 is 0 Å². The van der Waals surface area contributed by atoms with E-state index in [0.717, 1.165) is 11.1 Å². The van der Waals surface area contributed by atoms with Crippen molar-refractivity contribution >= 4 is 11.7 Å². The lowest BCUT2D eigenvalue weighted by Crippen LogP contribution is -1.99. The third-order valence-electron chi connectivity index (χ3n) is 1.93. The predicted molar refractivity (Wildman–Crippen MR) is 61.1 cm³/mol. The molecule has 78 valence electrons. The number of allylic oxidation sites excluding steroid dienone is 2. The molecular formula is C13H14O2. The first-order valence-corrected chi connectivity index (χ1v) is 4.72. The van der Waals surface area contributed by atoms with Gasteiger partial charge in [0.2, 0.25) is 0 Å². The summed E-state index contributed by atoms with van der Waals surface area (Å²) in [7, 11) is 0. The van der Waals surface area contributed by atoms with Crippen molar-refractivity contribution in [1.82, 2.24) is 0 Å². The molecule has 15 heavy (non-hydrogen) atoms. The fraction of sp³-hybridized carbons (Fsp3) is 0.154. The van der Waals surface area contributed by atoms with Crippen LogP contribution in [0.15, 0.2) is 43.0 Å². The van der Waals surface area contributed by atoms with Gasteiger partial charge < -0.3 is 4.74 Å². The first-order valence-electron chi connectivity index (χ1n) is 4.72. The topological polar surface area (TPSA) is 26.3 Å². The molecule has 2 nitrogen and oxygen atoms in total. The smallest absolute Gasteiger partial charge is 0.308 e. The van der Waals surface area contributed by atoms with Gasteiger partial charge in [0.25, 0.3) is 0 Å². The Morgan fingerprint density at radius 1 is 1.40 bits per heavy atom. The lowest BCUT2D eigenvalue weighted by molar-refractivity contribution is -0.134. The van der Waals surface area contributed by atoms with Crippen molar-refractivity contribution in [2.75, 3.05) is 0 Å². The first kappa shape index (κ1) is 11.2. The van der Waals surface area contributed by atoms with E-state index in [9.17, 15) is 4.79 Å². The van der Waals surface area contributed by atoms with Crippen molar-refractivity contribution in [3.8, 4) is 0 Å². The third-order valence-corrected chi connectivity index (χ3v) is 1.93. The third kappa shape index (κ3) is 3.09. The second-order valence-electron chi connectivity index (χ2n) is 3.18. The first-order chi connectivity index (χ1) is 7.15. The van der Waals surface area contributed by atoms with Gasteiger partial charge in [-0.05, 0) is 18.6 Å². The standard InChI is InChI=1S/C13H14O2/c1-4-7-13(15-11(3)14)12-9-6-5-8-10(12)2/h4-9H,1H2,2-3H3/b13-7+. The number of carbonyl (C=O) groups is 1. The van der Waals surface area contributed by atoms with Crippen LogP contribution in [0.5, 0.6) is 0 Å². The molecule has 0 unspecified atom stereocenters. The second-order valence-corrected chi connectivity index (χ2v) is 3.18. The highest BCUT2D eigenvalue weighted by atomic mass is 16.5. The van der Waals surface area contributed by atoms with Crippen LogP contribution in [0.4, 0.5) is 0 Å². The zero-order chi connectivity index (χ0) is 11.3. The predicted octanol–water partition coefficient (Wildman–Crippen LogP) is 3.09. The van der Waals surface area contributed by atoms with E-state index in [0.29, 0.717) is 5.76 Å². The van der Waals surface area contributed by atoms with Crippen LogP contribution in [-0.4, -0.2) is 5.97 Å². The molecular weight excluding hydrogens is 188 g/mol. The Balaban J connectivity index is 3.10. The fourth-order valence-electron chi connectivity index (χ4n) is 1.29. The van der Waals surface area contributed by atoms with Gasteiger partial charge >= 0.3 is 5.97 Å². The van der Waals surface area contributed by atoms with Crippen LogP contribution in [0.3, 0.4) is 0 Å². The van der Waals surface area contributed by atoms with Crippen LogP contribution in [0.25, 0.3) is 5.76 Å². The van der Waals surface area contributed by atoms with E-state index in [1.165, 1.54) is 6.92 Å².